The molecule has 0 saturated heterocycles. The first-order valence-electron chi connectivity index (χ1n) is 9.21. The monoisotopic (exact) mass is 370 g/mol. The summed E-state index contributed by atoms with van der Waals surface area (Å²) in [6.45, 7) is 6.75. The fourth-order valence-electron chi connectivity index (χ4n) is 2.89. The number of carbonyl (C=O) groups excluding carboxylic acids is 1. The van der Waals surface area contributed by atoms with Crippen LogP contribution in [0.1, 0.15) is 32.3 Å². The number of hydrogen-bond acceptors (Lipinski definition) is 4. The van der Waals surface area contributed by atoms with Crippen molar-refractivity contribution in [1.29, 1.82) is 0 Å². The van der Waals surface area contributed by atoms with Gasteiger partial charge in [0.05, 0.1) is 6.54 Å². The summed E-state index contributed by atoms with van der Waals surface area (Å²) in [5, 5.41) is 5.59. The molecule has 1 aliphatic heterocycles. The average Bonchev–Trinajstić information content (AvgIpc) is 2.66. The lowest BCUT2D eigenvalue weighted by molar-refractivity contribution is 0.0909. The van der Waals surface area contributed by atoms with Gasteiger partial charge in [-0.25, -0.2) is 4.79 Å². The molecule has 2 aromatic rings. The molecule has 6 heteroatoms. The van der Waals surface area contributed by atoms with Gasteiger partial charge in [0, 0.05) is 0 Å². The molecule has 0 saturated carbocycles. The molecule has 2 aromatic carbocycles. The molecule has 2 unspecified atom stereocenters. The molecule has 6 nitrogen and oxygen atoms in total. The van der Waals surface area contributed by atoms with Gasteiger partial charge in [-0.3, -0.25) is 0 Å². The van der Waals surface area contributed by atoms with Gasteiger partial charge in [-0.1, -0.05) is 44.2 Å². The van der Waals surface area contributed by atoms with Gasteiger partial charge in [-0.05, 0) is 36.6 Å². The highest BCUT2D eigenvalue weighted by Crippen LogP contribution is 2.30. The van der Waals surface area contributed by atoms with E-state index in [9.17, 15) is 4.79 Å². The molecular weight excluding hydrogens is 344 g/mol. The van der Waals surface area contributed by atoms with Gasteiger partial charge in [0.25, 0.3) is 0 Å². The van der Waals surface area contributed by atoms with Gasteiger partial charge in [0.2, 0.25) is 0 Å². The number of amides is 2. The van der Waals surface area contributed by atoms with E-state index in [0.29, 0.717) is 24.8 Å². The fourth-order valence-corrected chi connectivity index (χ4v) is 2.89. The predicted molar refractivity (Wildman–Crippen MR) is 104 cm³/mol. The first kappa shape index (κ1) is 18.9. The van der Waals surface area contributed by atoms with E-state index in [2.05, 4.69) is 24.5 Å². The minimum Gasteiger partial charge on any atom is -0.486 e. The van der Waals surface area contributed by atoms with Crippen molar-refractivity contribution in [3.8, 4) is 17.2 Å². The summed E-state index contributed by atoms with van der Waals surface area (Å²) < 4.78 is 17.4. The molecule has 2 atom stereocenters. The third-order valence-corrected chi connectivity index (χ3v) is 4.24. The second kappa shape index (κ2) is 8.66. The highest BCUT2D eigenvalue weighted by molar-refractivity contribution is 5.74. The van der Waals surface area contributed by atoms with Crippen LogP contribution in [0.3, 0.4) is 0 Å². The molecule has 2 N–H and O–H groups in total. The Balaban J connectivity index is 1.46. The van der Waals surface area contributed by atoms with Crippen molar-refractivity contribution >= 4 is 6.03 Å². The van der Waals surface area contributed by atoms with Crippen LogP contribution in [0.25, 0.3) is 0 Å². The van der Waals surface area contributed by atoms with Crippen molar-refractivity contribution in [3.63, 3.8) is 0 Å². The van der Waals surface area contributed by atoms with Crippen LogP contribution in [-0.2, 0) is 0 Å². The number of hydrogen-bond donors (Lipinski definition) is 2. The Hall–Kier alpha value is -2.89. The fraction of sp³-hybridized carbons (Fsp3) is 0.381. The van der Waals surface area contributed by atoms with Gasteiger partial charge in [0.15, 0.2) is 23.8 Å². The van der Waals surface area contributed by atoms with E-state index in [4.69, 9.17) is 14.2 Å². The summed E-state index contributed by atoms with van der Waals surface area (Å²) in [4.78, 5) is 12.2. The number of para-hydroxylation sites is 3. The van der Waals surface area contributed by atoms with E-state index in [0.717, 1.165) is 17.1 Å². The summed E-state index contributed by atoms with van der Waals surface area (Å²) in [5.74, 6) is 2.54. The van der Waals surface area contributed by atoms with Crippen molar-refractivity contribution in [1.82, 2.24) is 10.6 Å². The quantitative estimate of drug-likeness (QED) is 0.761. The van der Waals surface area contributed by atoms with Crippen LogP contribution < -0.4 is 24.8 Å². The van der Waals surface area contributed by atoms with Crippen LogP contribution in [0, 0.1) is 0 Å². The smallest absolute Gasteiger partial charge is 0.317 e. The zero-order chi connectivity index (χ0) is 19.2. The minimum absolute atomic E-state index is 0.233. The lowest BCUT2D eigenvalue weighted by Crippen LogP contribution is -2.48. The number of nitrogens with one attached hydrogen (secondary N) is 2. The topological polar surface area (TPSA) is 68.8 Å². The Morgan fingerprint density at radius 3 is 2.59 bits per heavy atom. The highest BCUT2D eigenvalue weighted by atomic mass is 16.6. The Morgan fingerprint density at radius 2 is 1.81 bits per heavy atom. The molecular formula is C21H26N2O4. The molecule has 0 spiro atoms. The van der Waals surface area contributed by atoms with Crippen molar-refractivity contribution in [2.75, 3.05) is 13.2 Å². The van der Waals surface area contributed by atoms with Crippen LogP contribution in [0.4, 0.5) is 4.79 Å². The number of rotatable bonds is 6. The molecule has 1 aliphatic rings. The van der Waals surface area contributed by atoms with Crippen molar-refractivity contribution in [2.45, 2.75) is 39.0 Å². The van der Waals surface area contributed by atoms with E-state index in [1.165, 1.54) is 0 Å². The summed E-state index contributed by atoms with van der Waals surface area (Å²) in [5.41, 5.74) is 1.11. The molecule has 2 amide bonds. The second-order valence-corrected chi connectivity index (χ2v) is 6.80. The third kappa shape index (κ3) is 5.06. The maximum atomic E-state index is 12.2. The SMILES string of the molecule is CC(NC(=O)NCC1COc2ccccc2O1)Oc1ccccc1C(C)C. The molecule has 1 heterocycles. The van der Waals surface area contributed by atoms with Gasteiger partial charge >= 0.3 is 6.03 Å². The predicted octanol–water partition coefficient (Wildman–Crippen LogP) is 3.67. The largest absolute Gasteiger partial charge is 0.486 e. The summed E-state index contributed by atoms with van der Waals surface area (Å²) >= 11 is 0. The van der Waals surface area contributed by atoms with Gasteiger partial charge in [0.1, 0.15) is 12.4 Å². The summed E-state index contributed by atoms with van der Waals surface area (Å²) in [6.07, 6.45) is -0.697. The standard InChI is InChI=1S/C21H26N2O4/c1-14(2)17-8-4-5-9-18(17)26-15(3)23-21(24)22-12-16-13-25-19-10-6-7-11-20(19)27-16/h4-11,14-16H,12-13H2,1-3H3,(H2,22,23,24). The lowest BCUT2D eigenvalue weighted by atomic mass is 10.0. The number of benzene rings is 2. The molecule has 0 fully saturated rings. The minimum atomic E-state index is -0.464. The Morgan fingerprint density at radius 1 is 1.11 bits per heavy atom. The maximum Gasteiger partial charge on any atom is 0.317 e. The summed E-state index contributed by atoms with van der Waals surface area (Å²) in [7, 11) is 0. The lowest BCUT2D eigenvalue weighted by Gasteiger charge is -2.27. The van der Waals surface area contributed by atoms with Crippen LogP contribution >= 0.6 is 0 Å². The van der Waals surface area contributed by atoms with Gasteiger partial charge in [-0.2, -0.15) is 0 Å². The molecule has 0 radical (unpaired) electrons. The molecule has 144 valence electrons. The van der Waals surface area contributed by atoms with E-state index in [1.807, 2.05) is 48.5 Å². The molecule has 0 aromatic heterocycles. The summed E-state index contributed by atoms with van der Waals surface area (Å²) in [6, 6.07) is 15.0. The van der Waals surface area contributed by atoms with E-state index in [-0.39, 0.29) is 12.1 Å². The first-order chi connectivity index (χ1) is 13.0. The number of carbonyl (C=O) groups is 1. The third-order valence-electron chi connectivity index (χ3n) is 4.24. The zero-order valence-corrected chi connectivity index (χ0v) is 15.9. The van der Waals surface area contributed by atoms with Gasteiger partial charge in [-0.15, -0.1) is 0 Å². The van der Waals surface area contributed by atoms with E-state index < -0.39 is 6.23 Å². The normalized spacial score (nSPS) is 16.5. The maximum absolute atomic E-state index is 12.2. The van der Waals surface area contributed by atoms with Crippen LogP contribution in [0.5, 0.6) is 17.2 Å². The Bertz CT molecular complexity index is 778. The van der Waals surface area contributed by atoms with Gasteiger partial charge < -0.3 is 24.8 Å². The molecule has 0 bridgehead atoms. The number of fused-ring (bicyclic) bond motifs is 1. The van der Waals surface area contributed by atoms with Crippen LogP contribution in [0.2, 0.25) is 0 Å². The highest BCUT2D eigenvalue weighted by Gasteiger charge is 2.21. The van der Waals surface area contributed by atoms with E-state index >= 15 is 0 Å². The second-order valence-electron chi connectivity index (χ2n) is 6.80. The zero-order valence-electron chi connectivity index (χ0n) is 15.9. The first-order valence-corrected chi connectivity index (χ1v) is 9.21. The van der Waals surface area contributed by atoms with Crippen LogP contribution in [0.15, 0.2) is 48.5 Å². The number of ether oxygens (including phenoxy) is 3. The Labute approximate surface area is 159 Å². The molecule has 27 heavy (non-hydrogen) atoms. The number of urea groups is 1. The van der Waals surface area contributed by atoms with Crippen molar-refractivity contribution in [3.05, 3.63) is 54.1 Å². The average molecular weight is 370 g/mol. The van der Waals surface area contributed by atoms with Crippen molar-refractivity contribution in [2.24, 2.45) is 0 Å². The van der Waals surface area contributed by atoms with Crippen LogP contribution in [-0.4, -0.2) is 31.5 Å². The van der Waals surface area contributed by atoms with E-state index in [1.54, 1.807) is 6.92 Å². The van der Waals surface area contributed by atoms with Crippen molar-refractivity contribution < 1.29 is 19.0 Å². The Kier molecular flexibility index (Phi) is 6.06. The molecule has 3 rings (SSSR count). The molecule has 0 aliphatic carbocycles.